The van der Waals surface area contributed by atoms with Crippen LogP contribution in [0, 0.1) is 0 Å². The zero-order valence-corrected chi connectivity index (χ0v) is 19.2. The molecular formula is C22H19F7N2S2. The zero-order chi connectivity index (χ0) is 24.8. The van der Waals surface area contributed by atoms with Crippen molar-refractivity contribution in [3.8, 4) is 0 Å². The van der Waals surface area contributed by atoms with Crippen LogP contribution < -0.4 is 10.2 Å². The number of allylic oxidation sites excluding steroid dienone is 1. The number of anilines is 2. The molecular weight excluding hydrogens is 489 g/mol. The number of thiocarbonyl (C=S) groups is 1. The quantitative estimate of drug-likeness (QED) is 0.193. The Morgan fingerprint density at radius 3 is 2.09 bits per heavy atom. The number of hydrogen-bond donors (Lipinski definition) is 1. The number of nitrogens with one attached hydrogen (secondary N) is 1. The topological polar surface area (TPSA) is 15.3 Å². The van der Waals surface area contributed by atoms with Crippen molar-refractivity contribution in [1.29, 1.82) is 0 Å². The van der Waals surface area contributed by atoms with Gasteiger partial charge in [0.05, 0.1) is 0 Å². The standard InChI is InChI=1S/C22H19F7N2S2/c1-19(2)15-6-4-5-7-16(15)31(3)17(19)12-18(32)30-13-8-10-14(11-9-13)33-22(28,29)20(23,24)21(25,26)27/h4-12H,1-3H3,(H,30,32). The second kappa shape index (κ2) is 8.50. The van der Waals surface area contributed by atoms with Gasteiger partial charge >= 0.3 is 17.4 Å². The average Bonchev–Trinajstić information content (AvgIpc) is 2.89. The number of hydrogen-bond acceptors (Lipinski definition) is 3. The molecule has 0 aliphatic carbocycles. The lowest BCUT2D eigenvalue weighted by molar-refractivity contribution is -0.330. The lowest BCUT2D eigenvalue weighted by Crippen LogP contribution is -2.49. The Hall–Kier alpha value is -2.27. The molecule has 0 fully saturated rings. The minimum Gasteiger partial charge on any atom is -0.347 e. The van der Waals surface area contributed by atoms with Crippen molar-refractivity contribution < 1.29 is 30.7 Å². The van der Waals surface area contributed by atoms with E-state index in [4.69, 9.17) is 12.2 Å². The molecule has 0 saturated heterocycles. The first-order chi connectivity index (χ1) is 15.1. The molecule has 178 valence electrons. The van der Waals surface area contributed by atoms with Crippen LogP contribution >= 0.6 is 24.0 Å². The molecule has 0 saturated carbocycles. The van der Waals surface area contributed by atoms with Gasteiger partial charge in [0.15, 0.2) is 0 Å². The monoisotopic (exact) mass is 508 g/mol. The third-order valence-corrected chi connectivity index (χ3v) is 6.54. The van der Waals surface area contributed by atoms with E-state index in [-0.39, 0.29) is 5.41 Å². The second-order valence-corrected chi connectivity index (χ2v) is 9.56. The average molecular weight is 509 g/mol. The van der Waals surface area contributed by atoms with Gasteiger partial charge < -0.3 is 10.2 Å². The molecule has 1 N–H and O–H groups in total. The molecule has 1 aliphatic heterocycles. The molecule has 2 aromatic rings. The van der Waals surface area contributed by atoms with Crippen LogP contribution in [0.5, 0.6) is 0 Å². The van der Waals surface area contributed by atoms with E-state index in [0.29, 0.717) is 10.7 Å². The molecule has 2 aromatic carbocycles. The van der Waals surface area contributed by atoms with Gasteiger partial charge in [0.2, 0.25) is 0 Å². The SMILES string of the molecule is CN1C(=CC(=S)Nc2ccc(SC(F)(F)C(F)(F)C(F)(F)F)cc2)C(C)(C)c2ccccc21. The van der Waals surface area contributed by atoms with Gasteiger partial charge in [-0.25, -0.2) is 0 Å². The highest BCUT2D eigenvalue weighted by molar-refractivity contribution is 8.00. The number of para-hydroxylation sites is 1. The number of likely N-dealkylation sites (N-methyl/N-ethyl adjacent to an activating group) is 1. The Balaban J connectivity index is 1.73. The largest absolute Gasteiger partial charge is 0.460 e. The predicted octanol–water partition coefficient (Wildman–Crippen LogP) is 7.62. The Morgan fingerprint density at radius 1 is 0.970 bits per heavy atom. The smallest absolute Gasteiger partial charge is 0.347 e. The summed E-state index contributed by atoms with van der Waals surface area (Å²) in [5.74, 6) is -6.17. The highest BCUT2D eigenvalue weighted by Gasteiger charge is 2.73. The molecule has 0 bridgehead atoms. The van der Waals surface area contributed by atoms with Crippen molar-refractivity contribution in [2.24, 2.45) is 0 Å². The number of benzene rings is 2. The highest BCUT2D eigenvalue weighted by Crippen LogP contribution is 2.54. The van der Waals surface area contributed by atoms with Crippen LogP contribution in [0.15, 0.2) is 65.2 Å². The summed E-state index contributed by atoms with van der Waals surface area (Å²) < 4.78 is 90.3. The maximum absolute atomic E-state index is 13.6. The van der Waals surface area contributed by atoms with E-state index >= 15 is 0 Å². The van der Waals surface area contributed by atoms with Crippen LogP contribution in [-0.4, -0.2) is 29.4 Å². The first kappa shape index (κ1) is 25.4. The fraction of sp³-hybridized carbons (Fsp3) is 0.318. The van der Waals surface area contributed by atoms with Crippen LogP contribution in [0.4, 0.5) is 42.1 Å². The van der Waals surface area contributed by atoms with Crippen molar-refractivity contribution in [2.45, 2.75) is 41.5 Å². The summed E-state index contributed by atoms with van der Waals surface area (Å²) >= 11 is 4.53. The van der Waals surface area contributed by atoms with Gasteiger partial charge in [0.25, 0.3) is 0 Å². The van der Waals surface area contributed by atoms with E-state index in [0.717, 1.165) is 29.1 Å². The van der Waals surface area contributed by atoms with Gasteiger partial charge in [-0.2, -0.15) is 30.7 Å². The molecule has 0 aromatic heterocycles. The van der Waals surface area contributed by atoms with E-state index in [1.165, 1.54) is 12.1 Å². The Bertz CT molecular complexity index is 1080. The van der Waals surface area contributed by atoms with Gasteiger partial charge in [-0.05, 0) is 53.7 Å². The summed E-state index contributed by atoms with van der Waals surface area (Å²) in [6.45, 7) is 4.10. The zero-order valence-electron chi connectivity index (χ0n) is 17.6. The molecule has 3 rings (SSSR count). The Kier molecular flexibility index (Phi) is 6.53. The number of halogens is 7. The first-order valence-electron chi connectivity index (χ1n) is 9.56. The fourth-order valence-corrected chi connectivity index (χ4v) is 4.59. The lowest BCUT2D eigenvalue weighted by Gasteiger charge is -2.27. The summed E-state index contributed by atoms with van der Waals surface area (Å²) in [6.07, 6.45) is -4.61. The minimum absolute atomic E-state index is 0.312. The Morgan fingerprint density at radius 2 is 1.55 bits per heavy atom. The second-order valence-electron chi connectivity index (χ2n) is 7.94. The third-order valence-electron chi connectivity index (χ3n) is 5.30. The van der Waals surface area contributed by atoms with Gasteiger partial charge in [-0.15, -0.1) is 0 Å². The number of nitrogens with zero attached hydrogens (tertiary/aromatic N) is 1. The van der Waals surface area contributed by atoms with Crippen LogP contribution in [0.25, 0.3) is 0 Å². The van der Waals surface area contributed by atoms with Crippen LogP contribution in [-0.2, 0) is 5.41 Å². The van der Waals surface area contributed by atoms with Gasteiger partial charge in [0.1, 0.15) is 4.99 Å². The van der Waals surface area contributed by atoms with Gasteiger partial charge in [-0.1, -0.05) is 44.3 Å². The normalized spacial score (nSPS) is 17.3. The summed E-state index contributed by atoms with van der Waals surface area (Å²) in [7, 11) is 1.91. The summed E-state index contributed by atoms with van der Waals surface area (Å²) in [5.41, 5.74) is 3.12. The summed E-state index contributed by atoms with van der Waals surface area (Å²) in [6, 6.07) is 12.5. The summed E-state index contributed by atoms with van der Waals surface area (Å²) in [5, 5.41) is -2.47. The van der Waals surface area contributed by atoms with Crippen molar-refractivity contribution in [1.82, 2.24) is 0 Å². The molecule has 0 amide bonds. The van der Waals surface area contributed by atoms with Crippen molar-refractivity contribution in [2.75, 3.05) is 17.3 Å². The van der Waals surface area contributed by atoms with Crippen molar-refractivity contribution in [3.05, 3.63) is 65.9 Å². The summed E-state index contributed by atoms with van der Waals surface area (Å²) in [4.78, 5) is 1.87. The molecule has 33 heavy (non-hydrogen) atoms. The number of rotatable bonds is 5. The van der Waals surface area contributed by atoms with Crippen LogP contribution in [0.1, 0.15) is 19.4 Å². The van der Waals surface area contributed by atoms with E-state index in [9.17, 15) is 30.7 Å². The first-order valence-corrected chi connectivity index (χ1v) is 10.8. The van der Waals surface area contributed by atoms with E-state index in [1.807, 2.05) is 50.1 Å². The lowest BCUT2D eigenvalue weighted by atomic mass is 9.84. The molecule has 11 heteroatoms. The predicted molar refractivity (Wildman–Crippen MR) is 120 cm³/mol. The van der Waals surface area contributed by atoms with Crippen LogP contribution in [0.2, 0.25) is 0 Å². The number of fused-ring (bicyclic) bond motifs is 1. The molecule has 0 spiro atoms. The van der Waals surface area contributed by atoms with Crippen molar-refractivity contribution >= 4 is 40.3 Å². The number of thioether (sulfide) groups is 1. The maximum atomic E-state index is 13.6. The molecule has 2 nitrogen and oxygen atoms in total. The van der Waals surface area contributed by atoms with Crippen molar-refractivity contribution in [3.63, 3.8) is 0 Å². The molecule has 1 aliphatic rings. The molecule has 0 radical (unpaired) electrons. The van der Waals surface area contributed by atoms with Crippen LogP contribution in [0.3, 0.4) is 0 Å². The number of alkyl halides is 7. The van der Waals surface area contributed by atoms with Gasteiger partial charge in [-0.3, -0.25) is 0 Å². The minimum atomic E-state index is -6.37. The fourth-order valence-electron chi connectivity index (χ4n) is 3.54. The molecule has 0 unspecified atom stereocenters. The molecule has 0 atom stereocenters. The van der Waals surface area contributed by atoms with Gasteiger partial charge in [0, 0.05) is 34.4 Å². The maximum Gasteiger partial charge on any atom is 0.460 e. The highest BCUT2D eigenvalue weighted by atomic mass is 32.2. The van der Waals surface area contributed by atoms with E-state index in [2.05, 4.69) is 5.32 Å². The Labute approximate surface area is 195 Å². The third kappa shape index (κ3) is 4.70. The van der Waals surface area contributed by atoms with E-state index < -0.39 is 34.0 Å². The van der Waals surface area contributed by atoms with E-state index in [1.54, 1.807) is 6.08 Å². The molecule has 1 heterocycles.